The van der Waals surface area contributed by atoms with Crippen molar-refractivity contribution in [1.82, 2.24) is 9.78 Å². The van der Waals surface area contributed by atoms with E-state index in [9.17, 15) is 9.18 Å². The number of hydrogen-bond donors (Lipinski definition) is 0. The molecule has 0 spiro atoms. The second-order valence-corrected chi connectivity index (χ2v) is 4.98. The fourth-order valence-corrected chi connectivity index (χ4v) is 2.56. The molecule has 0 saturated heterocycles. The standard InChI is InChI=1S/C15H16ClFN2O2/c1-4-10-15(16)11(19(2)18-10)8-12(20)14-9(17)6-5-7-13(14)21-3/h5-7H,4,8H2,1-3H3. The van der Waals surface area contributed by atoms with E-state index in [1.54, 1.807) is 17.8 Å². The number of ether oxygens (including phenoxy) is 1. The molecule has 1 aromatic carbocycles. The van der Waals surface area contributed by atoms with E-state index in [1.165, 1.54) is 19.2 Å². The van der Waals surface area contributed by atoms with Gasteiger partial charge in [0.1, 0.15) is 11.6 Å². The molecule has 2 rings (SSSR count). The zero-order valence-corrected chi connectivity index (χ0v) is 12.9. The maximum Gasteiger partial charge on any atom is 0.175 e. The van der Waals surface area contributed by atoms with Gasteiger partial charge in [-0.25, -0.2) is 4.39 Å². The number of methoxy groups -OCH3 is 1. The highest BCUT2D eigenvalue weighted by atomic mass is 35.5. The lowest BCUT2D eigenvalue weighted by atomic mass is 10.0. The average molecular weight is 311 g/mol. The van der Waals surface area contributed by atoms with Crippen molar-refractivity contribution in [2.45, 2.75) is 19.8 Å². The largest absolute Gasteiger partial charge is 0.496 e. The summed E-state index contributed by atoms with van der Waals surface area (Å²) in [5.74, 6) is -0.778. The lowest BCUT2D eigenvalue weighted by molar-refractivity contribution is 0.0983. The summed E-state index contributed by atoms with van der Waals surface area (Å²) in [6.45, 7) is 1.93. The molecule has 1 heterocycles. The quantitative estimate of drug-likeness (QED) is 0.797. The van der Waals surface area contributed by atoms with Crippen LogP contribution in [-0.2, 0) is 19.9 Å². The summed E-state index contributed by atoms with van der Waals surface area (Å²) in [4.78, 5) is 12.4. The fourth-order valence-electron chi connectivity index (χ4n) is 2.20. The number of benzene rings is 1. The van der Waals surface area contributed by atoms with Gasteiger partial charge in [0.25, 0.3) is 0 Å². The van der Waals surface area contributed by atoms with Gasteiger partial charge in [-0.15, -0.1) is 0 Å². The van der Waals surface area contributed by atoms with E-state index in [0.717, 1.165) is 5.69 Å². The average Bonchev–Trinajstić information content (AvgIpc) is 2.74. The van der Waals surface area contributed by atoms with E-state index in [1.807, 2.05) is 6.92 Å². The molecule has 0 aliphatic heterocycles. The van der Waals surface area contributed by atoms with Gasteiger partial charge >= 0.3 is 0 Å². The molecular weight excluding hydrogens is 295 g/mol. The van der Waals surface area contributed by atoms with E-state index in [4.69, 9.17) is 16.3 Å². The van der Waals surface area contributed by atoms with Crippen LogP contribution in [-0.4, -0.2) is 22.7 Å². The van der Waals surface area contributed by atoms with Gasteiger partial charge in [0, 0.05) is 7.05 Å². The van der Waals surface area contributed by atoms with Crippen molar-refractivity contribution in [3.8, 4) is 5.75 Å². The van der Waals surface area contributed by atoms with E-state index < -0.39 is 11.6 Å². The summed E-state index contributed by atoms with van der Waals surface area (Å²) in [7, 11) is 3.12. The fraction of sp³-hybridized carbons (Fsp3) is 0.333. The lowest BCUT2D eigenvalue weighted by Crippen LogP contribution is -2.11. The monoisotopic (exact) mass is 310 g/mol. The van der Waals surface area contributed by atoms with Gasteiger partial charge in [-0.2, -0.15) is 5.10 Å². The molecular formula is C15H16ClFN2O2. The maximum atomic E-state index is 13.9. The Labute approximate surface area is 127 Å². The Hall–Kier alpha value is -1.88. The number of aromatic nitrogens is 2. The predicted octanol–water partition coefficient (Wildman–Crippen LogP) is 3.21. The normalized spacial score (nSPS) is 10.7. The molecule has 0 unspecified atom stereocenters. The molecule has 2 aromatic rings. The summed E-state index contributed by atoms with van der Waals surface area (Å²) in [6.07, 6.45) is 0.642. The molecule has 112 valence electrons. The number of aryl methyl sites for hydroxylation is 2. The molecule has 0 fully saturated rings. The highest BCUT2D eigenvalue weighted by Crippen LogP contribution is 2.26. The van der Waals surface area contributed by atoms with E-state index in [0.29, 0.717) is 17.1 Å². The third-order valence-electron chi connectivity index (χ3n) is 3.31. The van der Waals surface area contributed by atoms with Gasteiger partial charge < -0.3 is 4.74 Å². The number of rotatable bonds is 5. The van der Waals surface area contributed by atoms with Gasteiger partial charge in [-0.05, 0) is 18.6 Å². The maximum absolute atomic E-state index is 13.9. The van der Waals surface area contributed by atoms with Crippen LogP contribution in [0.1, 0.15) is 28.7 Å². The number of nitrogens with zero attached hydrogens (tertiary/aromatic N) is 2. The third kappa shape index (κ3) is 2.93. The molecule has 0 aliphatic rings. The number of carbonyl (C=O) groups is 1. The van der Waals surface area contributed by atoms with Gasteiger partial charge in [-0.3, -0.25) is 9.48 Å². The topological polar surface area (TPSA) is 44.1 Å². The Morgan fingerprint density at radius 2 is 2.19 bits per heavy atom. The summed E-state index contributed by atoms with van der Waals surface area (Å²) in [6, 6.07) is 4.29. The van der Waals surface area contributed by atoms with Gasteiger partial charge in [-0.1, -0.05) is 24.6 Å². The van der Waals surface area contributed by atoms with Crippen LogP contribution in [0.2, 0.25) is 5.02 Å². The lowest BCUT2D eigenvalue weighted by Gasteiger charge is -2.09. The van der Waals surface area contributed by atoms with Crippen molar-refractivity contribution in [2.75, 3.05) is 7.11 Å². The van der Waals surface area contributed by atoms with Crippen LogP contribution in [0.25, 0.3) is 0 Å². The Kier molecular flexibility index (Phi) is 4.63. The van der Waals surface area contributed by atoms with Crippen LogP contribution in [0.15, 0.2) is 18.2 Å². The number of hydrogen-bond acceptors (Lipinski definition) is 3. The first-order chi connectivity index (χ1) is 9.99. The number of halogens is 2. The second kappa shape index (κ2) is 6.26. The van der Waals surface area contributed by atoms with Crippen LogP contribution in [0, 0.1) is 5.82 Å². The molecule has 0 amide bonds. The minimum Gasteiger partial charge on any atom is -0.496 e. The van der Waals surface area contributed by atoms with Crippen molar-refractivity contribution < 1.29 is 13.9 Å². The third-order valence-corrected chi connectivity index (χ3v) is 3.74. The minimum absolute atomic E-state index is 0.0281. The molecule has 21 heavy (non-hydrogen) atoms. The Morgan fingerprint density at radius 3 is 2.76 bits per heavy atom. The Morgan fingerprint density at radius 1 is 1.48 bits per heavy atom. The summed E-state index contributed by atoms with van der Waals surface area (Å²) in [5, 5.41) is 4.71. The molecule has 0 saturated carbocycles. The number of Topliss-reactive ketones (excluding diaryl/α,β-unsaturated/α-hetero) is 1. The highest BCUT2D eigenvalue weighted by Gasteiger charge is 2.22. The first kappa shape index (κ1) is 15.5. The Bertz CT molecular complexity index is 683. The van der Waals surface area contributed by atoms with Crippen molar-refractivity contribution in [2.24, 2.45) is 7.05 Å². The van der Waals surface area contributed by atoms with Crippen LogP contribution in [0.5, 0.6) is 5.75 Å². The van der Waals surface area contributed by atoms with Crippen molar-refractivity contribution in [3.63, 3.8) is 0 Å². The van der Waals surface area contributed by atoms with Crippen LogP contribution in [0.3, 0.4) is 0 Å². The highest BCUT2D eigenvalue weighted by molar-refractivity contribution is 6.32. The van der Waals surface area contributed by atoms with Crippen molar-refractivity contribution in [3.05, 3.63) is 46.0 Å². The summed E-state index contributed by atoms with van der Waals surface area (Å²) in [5.41, 5.74) is 1.24. The molecule has 0 bridgehead atoms. The van der Waals surface area contributed by atoms with Crippen LogP contribution >= 0.6 is 11.6 Å². The van der Waals surface area contributed by atoms with Crippen molar-refractivity contribution in [1.29, 1.82) is 0 Å². The zero-order chi connectivity index (χ0) is 15.6. The molecule has 6 heteroatoms. The summed E-state index contributed by atoms with van der Waals surface area (Å²) >= 11 is 6.21. The minimum atomic E-state index is -0.603. The predicted molar refractivity (Wildman–Crippen MR) is 78.6 cm³/mol. The first-order valence-corrected chi connectivity index (χ1v) is 6.93. The van der Waals surface area contributed by atoms with Gasteiger partial charge in [0.15, 0.2) is 5.78 Å². The number of carbonyl (C=O) groups excluding carboxylic acids is 1. The molecule has 0 N–H and O–H groups in total. The SMILES string of the molecule is CCc1nn(C)c(CC(=O)c2c(F)cccc2OC)c1Cl. The molecule has 0 radical (unpaired) electrons. The van der Waals surface area contributed by atoms with Gasteiger partial charge in [0.2, 0.25) is 0 Å². The Balaban J connectivity index is 2.37. The molecule has 1 aromatic heterocycles. The smallest absolute Gasteiger partial charge is 0.175 e. The van der Waals surface area contributed by atoms with E-state index >= 15 is 0 Å². The van der Waals surface area contributed by atoms with E-state index in [-0.39, 0.29) is 17.7 Å². The number of ketones is 1. The van der Waals surface area contributed by atoms with Crippen molar-refractivity contribution >= 4 is 17.4 Å². The van der Waals surface area contributed by atoms with Gasteiger partial charge in [0.05, 0.1) is 35.5 Å². The molecule has 4 nitrogen and oxygen atoms in total. The van der Waals surface area contributed by atoms with Crippen LogP contribution < -0.4 is 4.74 Å². The molecule has 0 aliphatic carbocycles. The first-order valence-electron chi connectivity index (χ1n) is 6.55. The molecule has 0 atom stereocenters. The summed E-state index contributed by atoms with van der Waals surface area (Å²) < 4.78 is 20.5. The van der Waals surface area contributed by atoms with Crippen LogP contribution in [0.4, 0.5) is 4.39 Å². The van der Waals surface area contributed by atoms with E-state index in [2.05, 4.69) is 5.10 Å². The second-order valence-electron chi connectivity index (χ2n) is 4.60. The zero-order valence-electron chi connectivity index (χ0n) is 12.1.